The van der Waals surface area contributed by atoms with Crippen LogP contribution in [0.4, 0.5) is 11.8 Å². The second-order valence-electron chi connectivity index (χ2n) is 6.84. The fourth-order valence-corrected chi connectivity index (χ4v) is 3.28. The average molecular weight is 357 g/mol. The standard InChI is InChI=1S/C19H27N5O2/c1-11-17(18(21-2)23-19(20)22-11)12-6-7-15(25-5)16(8-12)26-14-9-13(10-14)24(3)4/h6-8,13-14H,9-10H2,1-5H3,(H3,20,21,22,23). The maximum Gasteiger partial charge on any atom is 0.222 e. The summed E-state index contributed by atoms with van der Waals surface area (Å²) < 4.78 is 11.7. The van der Waals surface area contributed by atoms with Crippen molar-refractivity contribution in [1.29, 1.82) is 0 Å². The minimum absolute atomic E-state index is 0.207. The number of rotatable bonds is 6. The highest BCUT2D eigenvalue weighted by molar-refractivity contribution is 5.79. The van der Waals surface area contributed by atoms with Gasteiger partial charge in [-0.3, -0.25) is 0 Å². The number of nitrogens with two attached hydrogens (primary N) is 1. The van der Waals surface area contributed by atoms with E-state index in [9.17, 15) is 0 Å². The molecule has 0 spiro atoms. The number of benzene rings is 1. The highest BCUT2D eigenvalue weighted by Gasteiger charge is 2.33. The second-order valence-corrected chi connectivity index (χ2v) is 6.84. The molecule has 1 fully saturated rings. The summed E-state index contributed by atoms with van der Waals surface area (Å²) in [4.78, 5) is 10.8. The molecular weight excluding hydrogens is 330 g/mol. The lowest BCUT2D eigenvalue weighted by Gasteiger charge is -2.39. The molecule has 0 aliphatic heterocycles. The van der Waals surface area contributed by atoms with Crippen molar-refractivity contribution < 1.29 is 9.47 Å². The van der Waals surface area contributed by atoms with E-state index in [1.165, 1.54) is 0 Å². The number of nitrogens with zero attached hydrogens (tertiary/aromatic N) is 3. The molecule has 1 saturated carbocycles. The van der Waals surface area contributed by atoms with Gasteiger partial charge in [-0.2, -0.15) is 4.98 Å². The predicted octanol–water partition coefficient (Wildman–Crippen LogP) is 2.56. The first kappa shape index (κ1) is 18.3. The van der Waals surface area contributed by atoms with Gasteiger partial charge in [-0.1, -0.05) is 6.07 Å². The van der Waals surface area contributed by atoms with Gasteiger partial charge in [-0.25, -0.2) is 4.98 Å². The number of anilines is 2. The molecule has 7 heteroatoms. The van der Waals surface area contributed by atoms with Gasteiger partial charge < -0.3 is 25.4 Å². The van der Waals surface area contributed by atoms with E-state index < -0.39 is 0 Å². The first-order chi connectivity index (χ1) is 12.4. The van der Waals surface area contributed by atoms with Crippen LogP contribution in [0.2, 0.25) is 0 Å². The van der Waals surface area contributed by atoms with Crippen LogP contribution in [0.25, 0.3) is 11.1 Å². The van der Waals surface area contributed by atoms with E-state index in [0.29, 0.717) is 11.9 Å². The monoisotopic (exact) mass is 357 g/mol. The zero-order chi connectivity index (χ0) is 18.8. The molecule has 1 aliphatic rings. The zero-order valence-corrected chi connectivity index (χ0v) is 16.0. The fourth-order valence-electron chi connectivity index (χ4n) is 3.28. The van der Waals surface area contributed by atoms with Gasteiger partial charge in [-0.05, 0) is 51.6 Å². The lowest BCUT2D eigenvalue weighted by atomic mass is 9.88. The number of ether oxygens (including phenoxy) is 2. The summed E-state index contributed by atoms with van der Waals surface area (Å²) >= 11 is 0. The average Bonchev–Trinajstić information content (AvgIpc) is 2.56. The minimum Gasteiger partial charge on any atom is -0.493 e. The minimum atomic E-state index is 0.207. The van der Waals surface area contributed by atoms with Crippen molar-refractivity contribution >= 4 is 11.8 Å². The van der Waals surface area contributed by atoms with Crippen molar-refractivity contribution in [2.45, 2.75) is 31.9 Å². The molecule has 1 aromatic heterocycles. The van der Waals surface area contributed by atoms with Gasteiger partial charge in [0.15, 0.2) is 11.5 Å². The van der Waals surface area contributed by atoms with Crippen molar-refractivity contribution in [2.75, 3.05) is 39.3 Å². The van der Waals surface area contributed by atoms with E-state index >= 15 is 0 Å². The van der Waals surface area contributed by atoms with Crippen LogP contribution >= 0.6 is 0 Å². The molecule has 1 aliphatic carbocycles. The van der Waals surface area contributed by atoms with Crippen molar-refractivity contribution in [1.82, 2.24) is 14.9 Å². The number of hydrogen-bond donors (Lipinski definition) is 2. The van der Waals surface area contributed by atoms with Crippen molar-refractivity contribution in [3.63, 3.8) is 0 Å². The molecule has 0 atom stereocenters. The molecule has 2 aromatic rings. The van der Waals surface area contributed by atoms with Crippen LogP contribution in [-0.2, 0) is 0 Å². The third kappa shape index (κ3) is 3.53. The molecule has 0 bridgehead atoms. The topological polar surface area (TPSA) is 85.5 Å². The van der Waals surface area contributed by atoms with Crippen molar-refractivity contribution in [3.05, 3.63) is 23.9 Å². The Hall–Kier alpha value is -2.54. The molecule has 0 unspecified atom stereocenters. The van der Waals surface area contributed by atoms with Gasteiger partial charge >= 0.3 is 0 Å². The molecule has 1 heterocycles. The van der Waals surface area contributed by atoms with E-state index in [0.717, 1.165) is 41.2 Å². The van der Waals surface area contributed by atoms with Crippen LogP contribution in [0.15, 0.2) is 18.2 Å². The van der Waals surface area contributed by atoms with Crippen LogP contribution in [0.1, 0.15) is 18.5 Å². The predicted molar refractivity (Wildman–Crippen MR) is 104 cm³/mol. The largest absolute Gasteiger partial charge is 0.493 e. The van der Waals surface area contributed by atoms with Gasteiger partial charge in [0.2, 0.25) is 5.95 Å². The number of nitrogens with one attached hydrogen (secondary N) is 1. The number of aromatic nitrogens is 2. The number of nitrogen functional groups attached to an aromatic ring is 1. The van der Waals surface area contributed by atoms with Crippen LogP contribution in [0.3, 0.4) is 0 Å². The van der Waals surface area contributed by atoms with Crippen LogP contribution in [0, 0.1) is 6.92 Å². The van der Waals surface area contributed by atoms with Gasteiger partial charge in [0.05, 0.1) is 12.8 Å². The van der Waals surface area contributed by atoms with E-state index in [-0.39, 0.29) is 12.1 Å². The Balaban J connectivity index is 1.91. The molecule has 3 N–H and O–H groups in total. The maximum absolute atomic E-state index is 6.21. The Morgan fingerprint density at radius 1 is 1.19 bits per heavy atom. The lowest BCUT2D eigenvalue weighted by Crippen LogP contribution is -2.46. The Morgan fingerprint density at radius 3 is 2.54 bits per heavy atom. The second kappa shape index (κ2) is 7.37. The molecule has 1 aromatic carbocycles. The first-order valence-corrected chi connectivity index (χ1v) is 8.76. The summed E-state index contributed by atoms with van der Waals surface area (Å²) in [5.41, 5.74) is 8.46. The van der Waals surface area contributed by atoms with Gasteiger partial charge in [0.25, 0.3) is 0 Å². The van der Waals surface area contributed by atoms with Crippen LogP contribution in [0.5, 0.6) is 11.5 Å². The number of aryl methyl sites for hydroxylation is 1. The summed E-state index contributed by atoms with van der Waals surface area (Å²) in [7, 11) is 7.68. The molecule has 26 heavy (non-hydrogen) atoms. The molecule has 7 nitrogen and oxygen atoms in total. The van der Waals surface area contributed by atoms with Crippen molar-refractivity contribution in [3.8, 4) is 22.6 Å². The highest BCUT2D eigenvalue weighted by atomic mass is 16.5. The normalized spacial score (nSPS) is 19.2. The van der Waals surface area contributed by atoms with E-state index in [2.05, 4.69) is 34.3 Å². The molecule has 3 rings (SSSR count). The molecule has 0 radical (unpaired) electrons. The van der Waals surface area contributed by atoms with Crippen LogP contribution in [-0.4, -0.2) is 55.3 Å². The third-order valence-corrected chi connectivity index (χ3v) is 4.89. The Kier molecular flexibility index (Phi) is 5.18. The van der Waals surface area contributed by atoms with Gasteiger partial charge in [0, 0.05) is 18.7 Å². The van der Waals surface area contributed by atoms with Crippen LogP contribution < -0.4 is 20.5 Å². The van der Waals surface area contributed by atoms with Crippen molar-refractivity contribution in [2.24, 2.45) is 0 Å². The fraction of sp³-hybridized carbons (Fsp3) is 0.474. The summed E-state index contributed by atoms with van der Waals surface area (Å²) in [6.07, 6.45) is 2.25. The van der Waals surface area contributed by atoms with Gasteiger partial charge in [-0.15, -0.1) is 0 Å². The lowest BCUT2D eigenvalue weighted by molar-refractivity contribution is 0.0383. The van der Waals surface area contributed by atoms with E-state index in [1.807, 2.05) is 32.2 Å². The quantitative estimate of drug-likeness (QED) is 0.822. The van der Waals surface area contributed by atoms with E-state index in [1.54, 1.807) is 7.11 Å². The summed E-state index contributed by atoms with van der Waals surface area (Å²) in [5.74, 6) is 2.42. The summed E-state index contributed by atoms with van der Waals surface area (Å²) in [6, 6.07) is 6.47. The van der Waals surface area contributed by atoms with Gasteiger partial charge in [0.1, 0.15) is 11.9 Å². The molecule has 0 amide bonds. The molecule has 0 saturated heterocycles. The molecule has 140 valence electrons. The number of methoxy groups -OCH3 is 1. The summed E-state index contributed by atoms with van der Waals surface area (Å²) in [5, 5.41) is 3.10. The highest BCUT2D eigenvalue weighted by Crippen LogP contribution is 2.39. The first-order valence-electron chi connectivity index (χ1n) is 8.76. The Bertz CT molecular complexity index is 788. The third-order valence-electron chi connectivity index (χ3n) is 4.89. The smallest absolute Gasteiger partial charge is 0.222 e. The summed E-state index contributed by atoms with van der Waals surface area (Å²) in [6.45, 7) is 1.92. The maximum atomic E-state index is 6.21. The van der Waals surface area contributed by atoms with E-state index in [4.69, 9.17) is 15.2 Å². The Morgan fingerprint density at radius 2 is 1.92 bits per heavy atom. The molecular formula is C19H27N5O2. The SMILES string of the molecule is CNc1nc(N)nc(C)c1-c1ccc(OC)c(OC2CC(N(C)C)C2)c1. The zero-order valence-electron chi connectivity index (χ0n) is 16.0. The number of hydrogen-bond acceptors (Lipinski definition) is 7. The Labute approximate surface area is 154 Å².